The molecule has 0 aromatic heterocycles. The first-order valence-corrected chi connectivity index (χ1v) is 4.81. The maximum atomic E-state index is 3.41. The Hall–Kier alpha value is -0.890. The second kappa shape index (κ2) is 4.56. The summed E-state index contributed by atoms with van der Waals surface area (Å²) in [5, 5.41) is 3.41. The van der Waals surface area contributed by atoms with Crippen molar-refractivity contribution in [1.82, 2.24) is 0 Å². The first kappa shape index (κ1) is 11.2. The van der Waals surface area contributed by atoms with E-state index in [2.05, 4.69) is 42.5 Å². The molecule has 0 saturated carbocycles. The maximum absolute atomic E-state index is 3.41. The minimum Gasteiger partial charge on any atom is -0.385 e. The average molecular weight is 213 g/mol. The van der Waals surface area contributed by atoms with Crippen molar-refractivity contribution in [3.8, 4) is 0 Å². The van der Waals surface area contributed by atoms with Crippen LogP contribution in [-0.4, -0.2) is 20.6 Å². The van der Waals surface area contributed by atoms with Crippen LogP contribution in [0, 0.1) is 0 Å². The number of hydrogen-bond acceptors (Lipinski definition) is 2. The third-order valence-corrected chi connectivity index (χ3v) is 2.54. The molecule has 0 bridgehead atoms. The van der Waals surface area contributed by atoms with Crippen LogP contribution in [0.4, 0.5) is 11.4 Å². The smallest absolute Gasteiger partial charge is 0.0374 e. The monoisotopic (exact) mass is 212 g/mol. The van der Waals surface area contributed by atoms with Crippen LogP contribution in [0.2, 0.25) is 0 Å². The number of fused-ring (bicyclic) bond motifs is 1. The number of benzene rings is 1. The fourth-order valence-electron chi connectivity index (χ4n) is 1.74. The van der Waals surface area contributed by atoms with Gasteiger partial charge in [0.2, 0.25) is 0 Å². The van der Waals surface area contributed by atoms with Crippen LogP contribution < -0.4 is 10.2 Å². The van der Waals surface area contributed by atoms with Crippen molar-refractivity contribution in [2.45, 2.75) is 12.8 Å². The molecule has 2 rings (SSSR count). The van der Waals surface area contributed by atoms with Crippen molar-refractivity contribution in [2.75, 3.05) is 30.9 Å². The molecule has 2 nitrogen and oxygen atoms in total. The summed E-state index contributed by atoms with van der Waals surface area (Å²) >= 11 is 0. The summed E-state index contributed by atoms with van der Waals surface area (Å²) in [6.07, 6.45) is 2.47. The first-order valence-electron chi connectivity index (χ1n) is 4.81. The molecule has 78 valence electrons. The molecule has 14 heavy (non-hydrogen) atoms. The minimum atomic E-state index is 0. The van der Waals surface area contributed by atoms with Gasteiger partial charge in [-0.2, -0.15) is 0 Å². The number of nitrogens with one attached hydrogen (secondary N) is 1. The Kier molecular flexibility index (Phi) is 3.64. The van der Waals surface area contributed by atoms with E-state index in [1.165, 1.54) is 29.8 Å². The van der Waals surface area contributed by atoms with Crippen molar-refractivity contribution in [1.29, 1.82) is 0 Å². The van der Waals surface area contributed by atoms with Gasteiger partial charge in [-0.25, -0.2) is 0 Å². The van der Waals surface area contributed by atoms with Crippen LogP contribution in [0.5, 0.6) is 0 Å². The number of aryl methyl sites for hydroxylation is 1. The van der Waals surface area contributed by atoms with E-state index in [4.69, 9.17) is 0 Å². The Labute approximate surface area is 91.7 Å². The summed E-state index contributed by atoms with van der Waals surface area (Å²) in [6.45, 7) is 1.12. The third-order valence-electron chi connectivity index (χ3n) is 2.54. The fourth-order valence-corrected chi connectivity index (χ4v) is 1.74. The number of rotatable bonds is 1. The Bertz CT molecular complexity index is 310. The molecule has 0 spiro atoms. The van der Waals surface area contributed by atoms with Gasteiger partial charge in [0, 0.05) is 32.0 Å². The van der Waals surface area contributed by atoms with Gasteiger partial charge < -0.3 is 10.2 Å². The quantitative estimate of drug-likeness (QED) is 0.770. The van der Waals surface area contributed by atoms with Gasteiger partial charge in [0.25, 0.3) is 0 Å². The van der Waals surface area contributed by atoms with Crippen molar-refractivity contribution < 1.29 is 0 Å². The SMILES string of the molecule is CN(C)c1ccc2c(c1)CCCN2.Cl. The highest BCUT2D eigenvalue weighted by atomic mass is 35.5. The zero-order valence-corrected chi connectivity index (χ0v) is 9.53. The van der Waals surface area contributed by atoms with Crippen LogP contribution >= 0.6 is 12.4 Å². The zero-order chi connectivity index (χ0) is 9.26. The normalized spacial score (nSPS) is 13.6. The second-order valence-electron chi connectivity index (χ2n) is 3.77. The third kappa shape index (κ3) is 2.13. The van der Waals surface area contributed by atoms with Crippen molar-refractivity contribution in [3.63, 3.8) is 0 Å². The number of hydrogen-bond donors (Lipinski definition) is 1. The largest absolute Gasteiger partial charge is 0.385 e. The molecule has 0 fully saturated rings. The van der Waals surface area contributed by atoms with Crippen molar-refractivity contribution in [2.24, 2.45) is 0 Å². The topological polar surface area (TPSA) is 15.3 Å². The molecule has 0 saturated heterocycles. The van der Waals surface area contributed by atoms with Crippen LogP contribution in [0.3, 0.4) is 0 Å². The van der Waals surface area contributed by atoms with Gasteiger partial charge >= 0.3 is 0 Å². The molecule has 0 aliphatic carbocycles. The average Bonchev–Trinajstić information content (AvgIpc) is 2.17. The van der Waals surface area contributed by atoms with Crippen molar-refractivity contribution >= 4 is 23.8 Å². The number of anilines is 2. The van der Waals surface area contributed by atoms with Crippen LogP contribution in [0.1, 0.15) is 12.0 Å². The van der Waals surface area contributed by atoms with E-state index in [0.717, 1.165) is 6.54 Å². The van der Waals surface area contributed by atoms with Gasteiger partial charge in [-0.05, 0) is 36.6 Å². The minimum absolute atomic E-state index is 0. The highest BCUT2D eigenvalue weighted by Gasteiger charge is 2.08. The molecule has 1 heterocycles. The van der Waals surface area contributed by atoms with Crippen LogP contribution in [-0.2, 0) is 6.42 Å². The van der Waals surface area contributed by atoms with E-state index in [-0.39, 0.29) is 12.4 Å². The van der Waals surface area contributed by atoms with Gasteiger partial charge in [-0.1, -0.05) is 0 Å². The molecule has 0 unspecified atom stereocenters. The summed E-state index contributed by atoms with van der Waals surface area (Å²) in [4.78, 5) is 2.15. The molecule has 1 N–H and O–H groups in total. The molecule has 1 aliphatic heterocycles. The zero-order valence-electron chi connectivity index (χ0n) is 8.71. The molecular weight excluding hydrogens is 196 g/mol. The molecule has 3 heteroatoms. The summed E-state index contributed by atoms with van der Waals surface area (Å²) in [5.74, 6) is 0. The van der Waals surface area contributed by atoms with Gasteiger partial charge in [0.1, 0.15) is 0 Å². The summed E-state index contributed by atoms with van der Waals surface area (Å²) in [5.41, 5.74) is 4.07. The molecular formula is C11H17ClN2. The highest BCUT2D eigenvalue weighted by molar-refractivity contribution is 5.85. The number of nitrogens with zero attached hydrogens (tertiary/aromatic N) is 1. The molecule has 0 radical (unpaired) electrons. The highest BCUT2D eigenvalue weighted by Crippen LogP contribution is 2.25. The predicted octanol–water partition coefficient (Wildman–Crippen LogP) is 2.53. The lowest BCUT2D eigenvalue weighted by Gasteiger charge is -2.21. The van der Waals surface area contributed by atoms with E-state index in [9.17, 15) is 0 Å². The van der Waals surface area contributed by atoms with Gasteiger partial charge in [0.15, 0.2) is 0 Å². The fraction of sp³-hybridized carbons (Fsp3) is 0.455. The summed E-state index contributed by atoms with van der Waals surface area (Å²) < 4.78 is 0. The van der Waals surface area contributed by atoms with E-state index in [1.807, 2.05) is 0 Å². The molecule has 0 atom stereocenters. The Morgan fingerprint density at radius 2 is 2.07 bits per heavy atom. The number of halogens is 1. The van der Waals surface area contributed by atoms with Crippen molar-refractivity contribution in [3.05, 3.63) is 23.8 Å². The maximum Gasteiger partial charge on any atom is 0.0374 e. The lowest BCUT2D eigenvalue weighted by atomic mass is 10.0. The lowest BCUT2D eigenvalue weighted by molar-refractivity contribution is 0.829. The first-order chi connectivity index (χ1) is 6.27. The second-order valence-corrected chi connectivity index (χ2v) is 3.77. The van der Waals surface area contributed by atoms with E-state index in [1.54, 1.807) is 0 Å². The lowest BCUT2D eigenvalue weighted by Crippen LogP contribution is -2.14. The summed E-state index contributed by atoms with van der Waals surface area (Å²) in [6, 6.07) is 6.63. The summed E-state index contributed by atoms with van der Waals surface area (Å²) in [7, 11) is 4.16. The molecule has 1 aromatic carbocycles. The molecule has 1 aliphatic rings. The van der Waals surface area contributed by atoms with Crippen LogP contribution in [0.25, 0.3) is 0 Å². The predicted molar refractivity (Wildman–Crippen MR) is 64.8 cm³/mol. The molecule has 1 aromatic rings. The van der Waals surface area contributed by atoms with E-state index >= 15 is 0 Å². The van der Waals surface area contributed by atoms with Crippen LogP contribution in [0.15, 0.2) is 18.2 Å². The van der Waals surface area contributed by atoms with Gasteiger partial charge in [0.05, 0.1) is 0 Å². The standard InChI is InChI=1S/C11H16N2.ClH/c1-13(2)10-5-6-11-9(8-10)4-3-7-12-11;/h5-6,8,12H,3-4,7H2,1-2H3;1H. The van der Waals surface area contributed by atoms with E-state index in [0.29, 0.717) is 0 Å². The Morgan fingerprint density at radius 1 is 1.29 bits per heavy atom. The Balaban J connectivity index is 0.000000980. The Morgan fingerprint density at radius 3 is 2.79 bits per heavy atom. The van der Waals surface area contributed by atoms with Gasteiger partial charge in [-0.3, -0.25) is 0 Å². The van der Waals surface area contributed by atoms with E-state index < -0.39 is 0 Å². The molecule has 0 amide bonds. The van der Waals surface area contributed by atoms with Gasteiger partial charge in [-0.15, -0.1) is 12.4 Å².